The number of oxime groups is 1. The summed E-state index contributed by atoms with van der Waals surface area (Å²) in [5, 5.41) is 4.63. The van der Waals surface area contributed by atoms with E-state index in [9.17, 15) is 0 Å². The molecule has 4 nitrogen and oxygen atoms in total. The molecule has 0 N–H and O–H groups in total. The van der Waals surface area contributed by atoms with Gasteiger partial charge in [0, 0.05) is 24.8 Å². The van der Waals surface area contributed by atoms with Gasteiger partial charge in [-0.1, -0.05) is 71.3 Å². The molecule has 0 saturated carbocycles. The predicted molar refractivity (Wildman–Crippen MR) is 110 cm³/mol. The minimum Gasteiger partial charge on any atom is -0.490 e. The van der Waals surface area contributed by atoms with Crippen LogP contribution in [0.1, 0.15) is 39.0 Å². The number of rotatable bonds is 13. The molecule has 0 atom stereocenters. The minimum absolute atomic E-state index is 0.134. The van der Waals surface area contributed by atoms with Gasteiger partial charge < -0.3 is 14.3 Å². The Balaban J connectivity index is 2.31. The second-order valence-corrected chi connectivity index (χ2v) is 7.16. The molecular weight excluding hydrogens is 420 g/mol. The Bertz CT molecular complexity index is 567. The third-order valence-electron chi connectivity index (χ3n) is 3.17. The zero-order valence-electron chi connectivity index (χ0n) is 14.7. The van der Waals surface area contributed by atoms with E-state index in [0.29, 0.717) is 41.2 Å². The average Bonchev–Trinajstić information content (AvgIpc) is 2.58. The first kappa shape index (κ1) is 23.2. The van der Waals surface area contributed by atoms with Crippen LogP contribution in [0.5, 0.6) is 11.5 Å². The predicted octanol–water partition coefficient (Wildman–Crippen LogP) is 7.04. The number of benzene rings is 1. The molecular formula is C18H23Cl4NO3. The summed E-state index contributed by atoms with van der Waals surface area (Å²) in [5.41, 5.74) is 0. The van der Waals surface area contributed by atoms with Crippen LogP contribution >= 0.6 is 46.4 Å². The van der Waals surface area contributed by atoms with Crippen LogP contribution in [0.4, 0.5) is 0 Å². The highest BCUT2D eigenvalue weighted by Crippen LogP contribution is 2.37. The van der Waals surface area contributed by atoms with Gasteiger partial charge in [0.15, 0.2) is 5.75 Å². The van der Waals surface area contributed by atoms with Crippen LogP contribution in [0.15, 0.2) is 27.9 Å². The fourth-order valence-electron chi connectivity index (χ4n) is 1.90. The molecule has 1 aromatic rings. The molecule has 0 radical (unpaired) electrons. The molecule has 1 aromatic carbocycles. The van der Waals surface area contributed by atoms with Crippen LogP contribution in [0.2, 0.25) is 10.0 Å². The number of hydrogen-bond donors (Lipinski definition) is 0. The maximum absolute atomic E-state index is 6.19. The Morgan fingerprint density at radius 2 is 1.77 bits per heavy atom. The van der Waals surface area contributed by atoms with Crippen LogP contribution in [-0.4, -0.2) is 26.0 Å². The zero-order chi connectivity index (χ0) is 19.2. The minimum atomic E-state index is 0.134. The van der Waals surface area contributed by atoms with Crippen LogP contribution < -0.4 is 9.47 Å². The van der Waals surface area contributed by atoms with E-state index in [-0.39, 0.29) is 11.1 Å². The fraction of sp³-hybridized carbons (Fsp3) is 0.500. The maximum atomic E-state index is 6.19. The van der Waals surface area contributed by atoms with Crippen molar-refractivity contribution in [2.75, 3.05) is 19.8 Å². The first-order chi connectivity index (χ1) is 12.5. The molecule has 1 rings (SSSR count). The van der Waals surface area contributed by atoms with Gasteiger partial charge in [0.25, 0.3) is 0 Å². The monoisotopic (exact) mass is 441 g/mol. The highest BCUT2D eigenvalue weighted by Gasteiger charge is 2.10. The summed E-state index contributed by atoms with van der Waals surface area (Å²) in [7, 11) is 0. The van der Waals surface area contributed by atoms with E-state index in [2.05, 4.69) is 12.1 Å². The molecule has 0 fully saturated rings. The summed E-state index contributed by atoms with van der Waals surface area (Å²) >= 11 is 23.4. The fourth-order valence-corrected chi connectivity index (χ4v) is 2.60. The number of hydrogen-bond acceptors (Lipinski definition) is 4. The summed E-state index contributed by atoms with van der Waals surface area (Å²) in [6.07, 6.45) is 8.47. The van der Waals surface area contributed by atoms with Crippen molar-refractivity contribution in [2.45, 2.75) is 39.0 Å². The number of ether oxygens (including phenoxy) is 2. The Morgan fingerprint density at radius 3 is 2.42 bits per heavy atom. The Kier molecular flexibility index (Phi) is 12.8. The third-order valence-corrected chi connectivity index (χ3v) is 4.04. The van der Waals surface area contributed by atoms with Crippen molar-refractivity contribution >= 4 is 52.6 Å². The maximum Gasteiger partial charge on any atom is 0.156 e. The van der Waals surface area contributed by atoms with Crippen LogP contribution in [0, 0.1) is 0 Å². The van der Waals surface area contributed by atoms with Crippen LogP contribution in [0.25, 0.3) is 0 Å². The van der Waals surface area contributed by atoms with Gasteiger partial charge in [-0.2, -0.15) is 0 Å². The van der Waals surface area contributed by atoms with Gasteiger partial charge in [-0.15, -0.1) is 0 Å². The summed E-state index contributed by atoms with van der Waals surface area (Å²) in [6.45, 7) is 3.26. The van der Waals surface area contributed by atoms with Crippen molar-refractivity contribution in [1.82, 2.24) is 0 Å². The van der Waals surface area contributed by atoms with E-state index in [1.165, 1.54) is 18.9 Å². The Labute approximate surface area is 175 Å². The van der Waals surface area contributed by atoms with Crippen LogP contribution in [-0.2, 0) is 4.84 Å². The number of halogens is 4. The molecule has 0 aromatic heterocycles. The van der Waals surface area contributed by atoms with Crippen molar-refractivity contribution < 1.29 is 14.3 Å². The standard InChI is InChI=1S/C18H23Cl4NO3/c1-2-3-4-5-8-23-26-10-6-9-25-18-15(19)12-14(13-16(18)20)24-11-7-17(21)22/h7-8,12-13H,2-6,9-11H2,1H3. The molecule has 0 aliphatic heterocycles. The van der Waals surface area contributed by atoms with Gasteiger partial charge in [-0.3, -0.25) is 0 Å². The third kappa shape index (κ3) is 10.4. The van der Waals surface area contributed by atoms with Gasteiger partial charge >= 0.3 is 0 Å². The molecule has 146 valence electrons. The van der Waals surface area contributed by atoms with Crippen molar-refractivity contribution in [3.63, 3.8) is 0 Å². The molecule has 26 heavy (non-hydrogen) atoms. The van der Waals surface area contributed by atoms with Gasteiger partial charge in [-0.25, -0.2) is 0 Å². The first-order valence-corrected chi connectivity index (χ1v) is 9.95. The van der Waals surface area contributed by atoms with E-state index in [1.807, 2.05) is 0 Å². The van der Waals surface area contributed by atoms with Crippen molar-refractivity contribution in [2.24, 2.45) is 5.16 Å². The SMILES string of the molecule is CCCCCC=NOCCCOc1c(Cl)cc(OCC=C(Cl)Cl)cc1Cl. The molecule has 0 aliphatic rings. The summed E-state index contributed by atoms with van der Waals surface area (Å²) in [4.78, 5) is 5.17. The van der Waals surface area contributed by atoms with E-state index in [0.717, 1.165) is 12.8 Å². The van der Waals surface area contributed by atoms with E-state index >= 15 is 0 Å². The number of nitrogens with zero attached hydrogens (tertiary/aromatic N) is 1. The van der Waals surface area contributed by atoms with E-state index in [1.54, 1.807) is 18.3 Å². The largest absolute Gasteiger partial charge is 0.490 e. The summed E-state index contributed by atoms with van der Waals surface area (Å²) in [5.74, 6) is 0.911. The zero-order valence-corrected chi connectivity index (χ0v) is 17.7. The quantitative estimate of drug-likeness (QED) is 0.187. The van der Waals surface area contributed by atoms with Crippen LogP contribution in [0.3, 0.4) is 0 Å². The van der Waals surface area contributed by atoms with Crippen molar-refractivity contribution in [3.05, 3.63) is 32.7 Å². The molecule has 8 heteroatoms. The molecule has 0 bridgehead atoms. The normalized spacial score (nSPS) is 10.8. The lowest BCUT2D eigenvalue weighted by molar-refractivity contribution is 0.128. The topological polar surface area (TPSA) is 40.0 Å². The highest BCUT2D eigenvalue weighted by atomic mass is 35.5. The Morgan fingerprint density at radius 1 is 1.04 bits per heavy atom. The molecule has 0 spiro atoms. The Hall–Kier alpha value is -0.810. The molecule has 0 heterocycles. The molecule has 0 unspecified atom stereocenters. The second-order valence-electron chi connectivity index (χ2n) is 5.34. The number of unbranched alkanes of at least 4 members (excludes halogenated alkanes) is 3. The molecule has 0 saturated heterocycles. The molecule has 0 aliphatic carbocycles. The average molecular weight is 443 g/mol. The van der Waals surface area contributed by atoms with Gasteiger partial charge in [0.1, 0.15) is 23.5 Å². The van der Waals surface area contributed by atoms with Crippen molar-refractivity contribution in [1.29, 1.82) is 0 Å². The highest BCUT2D eigenvalue weighted by molar-refractivity contribution is 6.55. The lowest BCUT2D eigenvalue weighted by Gasteiger charge is -2.12. The van der Waals surface area contributed by atoms with Gasteiger partial charge in [0.2, 0.25) is 0 Å². The van der Waals surface area contributed by atoms with Crippen molar-refractivity contribution in [3.8, 4) is 11.5 Å². The summed E-state index contributed by atoms with van der Waals surface area (Å²) in [6, 6.07) is 3.24. The lowest BCUT2D eigenvalue weighted by atomic mass is 10.2. The summed E-state index contributed by atoms with van der Waals surface area (Å²) < 4.78 is 11.2. The van der Waals surface area contributed by atoms with E-state index < -0.39 is 0 Å². The smallest absolute Gasteiger partial charge is 0.156 e. The second kappa shape index (κ2) is 14.3. The lowest BCUT2D eigenvalue weighted by Crippen LogP contribution is -2.02. The van der Waals surface area contributed by atoms with E-state index in [4.69, 9.17) is 60.7 Å². The molecule has 0 amide bonds. The van der Waals surface area contributed by atoms with Gasteiger partial charge in [-0.05, 0) is 18.9 Å². The van der Waals surface area contributed by atoms with Gasteiger partial charge in [0.05, 0.1) is 16.7 Å². The first-order valence-electron chi connectivity index (χ1n) is 8.44.